The molecule has 1 fully saturated rings. The summed E-state index contributed by atoms with van der Waals surface area (Å²) in [6.45, 7) is 6.88. The van der Waals surface area contributed by atoms with Crippen LogP contribution >= 0.6 is 11.6 Å². The molecule has 9 nitrogen and oxygen atoms in total. The first kappa shape index (κ1) is 30.5. The van der Waals surface area contributed by atoms with E-state index in [1.807, 2.05) is 0 Å². The van der Waals surface area contributed by atoms with E-state index in [-0.39, 0.29) is 18.9 Å². The van der Waals surface area contributed by atoms with E-state index in [0.29, 0.717) is 34.7 Å². The molecule has 1 saturated carbocycles. The molecule has 0 spiro atoms. The summed E-state index contributed by atoms with van der Waals surface area (Å²) < 4.78 is 5.36. The Morgan fingerprint density at radius 3 is 2.40 bits per heavy atom. The van der Waals surface area contributed by atoms with Crippen molar-refractivity contribution >= 4 is 41.1 Å². The van der Waals surface area contributed by atoms with Crippen molar-refractivity contribution < 1.29 is 23.9 Å². The molecule has 1 aliphatic rings. The number of ether oxygens (including phenoxy) is 1. The summed E-state index contributed by atoms with van der Waals surface area (Å²) in [7, 11) is 0. The van der Waals surface area contributed by atoms with Gasteiger partial charge in [-0.3, -0.25) is 14.4 Å². The number of carbonyl (C=O) groups is 4. The number of para-hydroxylation sites is 1. The average molecular weight is 567 g/mol. The van der Waals surface area contributed by atoms with Crippen molar-refractivity contribution in [3.8, 4) is 12.3 Å². The van der Waals surface area contributed by atoms with Crippen molar-refractivity contribution in [3.05, 3.63) is 64.2 Å². The van der Waals surface area contributed by atoms with Crippen molar-refractivity contribution in [2.24, 2.45) is 5.73 Å². The number of halogens is 1. The number of terminal acetylenes is 1. The van der Waals surface area contributed by atoms with Crippen molar-refractivity contribution in [2.75, 3.05) is 5.32 Å². The monoisotopic (exact) mass is 566 g/mol. The lowest BCUT2D eigenvalue weighted by atomic mass is 9.96. The van der Waals surface area contributed by atoms with Crippen molar-refractivity contribution in [1.29, 1.82) is 0 Å². The van der Waals surface area contributed by atoms with Gasteiger partial charge in [-0.1, -0.05) is 47.9 Å². The third kappa shape index (κ3) is 7.99. The maximum absolute atomic E-state index is 14.2. The van der Waals surface area contributed by atoms with Crippen LogP contribution in [0.4, 0.5) is 10.5 Å². The van der Waals surface area contributed by atoms with E-state index in [2.05, 4.69) is 16.6 Å². The van der Waals surface area contributed by atoms with Gasteiger partial charge in [0.2, 0.25) is 11.8 Å². The number of carbonyl (C=O) groups excluding carboxylic acids is 4. The molecular formula is C30H35ClN4O5. The van der Waals surface area contributed by atoms with E-state index >= 15 is 0 Å². The Kier molecular flexibility index (Phi) is 9.83. The van der Waals surface area contributed by atoms with Crippen LogP contribution in [0.25, 0.3) is 0 Å². The van der Waals surface area contributed by atoms with Crippen LogP contribution in [0.15, 0.2) is 42.5 Å². The third-order valence-electron chi connectivity index (χ3n) is 6.27. The molecule has 2 aromatic carbocycles. The summed E-state index contributed by atoms with van der Waals surface area (Å²) in [5, 5.41) is 5.81. The molecule has 10 heteroatoms. The second kappa shape index (κ2) is 12.9. The number of nitrogens with two attached hydrogens (primary N) is 1. The molecule has 1 aliphatic carbocycles. The Balaban J connectivity index is 2.07. The highest BCUT2D eigenvalue weighted by atomic mass is 35.5. The predicted molar refractivity (Wildman–Crippen MR) is 153 cm³/mol. The lowest BCUT2D eigenvalue weighted by molar-refractivity contribution is -0.141. The zero-order valence-corrected chi connectivity index (χ0v) is 23.9. The molecule has 40 heavy (non-hydrogen) atoms. The first-order valence-corrected chi connectivity index (χ1v) is 13.4. The molecule has 2 aromatic rings. The standard InChI is InChI=1S/C30H35ClN4O5/c1-6-19-11-7-8-12-21(19)26(27(37)34-25-18(2)10-9-13-22(25)31)35(20-14-15-20)28(38)23(16-17-24(32)36)33-29(39)40-30(3,4)5/h1,7-13,20,23,26H,14-17H2,2-5H3,(H2,32,36)(H,33,39)(H,34,37). The number of nitrogens with zero attached hydrogens (tertiary/aromatic N) is 1. The zero-order valence-electron chi connectivity index (χ0n) is 23.1. The second-order valence-electron chi connectivity index (χ2n) is 10.7. The van der Waals surface area contributed by atoms with Crippen LogP contribution in [0, 0.1) is 19.3 Å². The van der Waals surface area contributed by atoms with Crippen LogP contribution in [0.1, 0.15) is 69.2 Å². The summed E-state index contributed by atoms with van der Waals surface area (Å²) >= 11 is 6.40. The molecule has 0 saturated heterocycles. The third-order valence-corrected chi connectivity index (χ3v) is 6.59. The van der Waals surface area contributed by atoms with E-state index in [1.54, 1.807) is 70.2 Å². The lowest BCUT2D eigenvalue weighted by Crippen LogP contribution is -2.53. The van der Waals surface area contributed by atoms with E-state index < -0.39 is 41.5 Å². The van der Waals surface area contributed by atoms with E-state index in [9.17, 15) is 19.2 Å². The van der Waals surface area contributed by atoms with Crippen LogP contribution < -0.4 is 16.4 Å². The number of aryl methyl sites for hydroxylation is 1. The summed E-state index contributed by atoms with van der Waals surface area (Å²) in [6, 6.07) is 9.46. The molecule has 0 radical (unpaired) electrons. The minimum atomic E-state index is -1.18. The van der Waals surface area contributed by atoms with Gasteiger partial charge in [-0.15, -0.1) is 6.42 Å². The van der Waals surface area contributed by atoms with Gasteiger partial charge in [-0.05, 0) is 70.2 Å². The molecule has 0 aliphatic heterocycles. The lowest BCUT2D eigenvalue weighted by Gasteiger charge is -2.35. The SMILES string of the molecule is C#Cc1ccccc1C(C(=O)Nc1c(C)cccc1Cl)N(C(=O)C(CCC(N)=O)NC(=O)OC(C)(C)C)C1CC1. The smallest absolute Gasteiger partial charge is 0.408 e. The first-order valence-electron chi connectivity index (χ1n) is 13.0. The topological polar surface area (TPSA) is 131 Å². The van der Waals surface area contributed by atoms with Crippen LogP contribution in [0.3, 0.4) is 0 Å². The number of rotatable bonds is 10. The Hall–Kier alpha value is -4.03. The Bertz CT molecular complexity index is 1310. The van der Waals surface area contributed by atoms with Gasteiger partial charge in [0.25, 0.3) is 5.91 Å². The van der Waals surface area contributed by atoms with Crippen LogP contribution in [-0.2, 0) is 19.1 Å². The molecule has 2 atom stereocenters. The Labute approximate surface area is 239 Å². The molecule has 212 valence electrons. The van der Waals surface area contributed by atoms with Gasteiger partial charge < -0.3 is 26.0 Å². The Morgan fingerprint density at radius 2 is 1.82 bits per heavy atom. The minimum absolute atomic E-state index is 0.0780. The zero-order chi connectivity index (χ0) is 29.6. The van der Waals surface area contributed by atoms with Gasteiger partial charge >= 0.3 is 6.09 Å². The molecule has 2 unspecified atom stereocenters. The fourth-order valence-corrected chi connectivity index (χ4v) is 4.58. The number of hydrogen-bond acceptors (Lipinski definition) is 5. The van der Waals surface area contributed by atoms with Crippen molar-refractivity contribution in [2.45, 2.75) is 77.1 Å². The molecule has 4 N–H and O–H groups in total. The summed E-state index contributed by atoms with van der Waals surface area (Å²) in [5.74, 6) is 0.886. The van der Waals surface area contributed by atoms with E-state index in [1.165, 1.54) is 4.90 Å². The van der Waals surface area contributed by atoms with Crippen molar-refractivity contribution in [1.82, 2.24) is 10.2 Å². The van der Waals surface area contributed by atoms with Gasteiger partial charge in [0, 0.05) is 18.0 Å². The van der Waals surface area contributed by atoms with Crippen molar-refractivity contribution in [3.63, 3.8) is 0 Å². The summed E-state index contributed by atoms with van der Waals surface area (Å²) in [4.78, 5) is 54.0. The van der Waals surface area contributed by atoms with E-state index in [4.69, 9.17) is 28.5 Å². The van der Waals surface area contributed by atoms with Gasteiger partial charge in [-0.2, -0.15) is 0 Å². The summed E-state index contributed by atoms with van der Waals surface area (Å²) in [6.07, 6.45) is 6.01. The van der Waals surface area contributed by atoms with Gasteiger partial charge in [0.1, 0.15) is 17.7 Å². The number of anilines is 1. The molecular weight excluding hydrogens is 532 g/mol. The van der Waals surface area contributed by atoms with Gasteiger partial charge in [-0.25, -0.2) is 4.79 Å². The molecule has 0 aromatic heterocycles. The van der Waals surface area contributed by atoms with E-state index in [0.717, 1.165) is 5.56 Å². The molecule has 4 amide bonds. The fourth-order valence-electron chi connectivity index (χ4n) is 4.31. The highest BCUT2D eigenvalue weighted by molar-refractivity contribution is 6.34. The number of benzene rings is 2. The number of alkyl carbamates (subject to hydrolysis) is 1. The number of hydrogen-bond donors (Lipinski definition) is 3. The maximum Gasteiger partial charge on any atom is 0.408 e. The van der Waals surface area contributed by atoms with Crippen LogP contribution in [-0.4, -0.2) is 46.4 Å². The first-order chi connectivity index (χ1) is 18.8. The molecule has 3 rings (SSSR count). The number of primary amides is 1. The largest absolute Gasteiger partial charge is 0.444 e. The normalized spacial score (nSPS) is 14.3. The van der Waals surface area contributed by atoms with Gasteiger partial charge in [0.05, 0.1) is 10.7 Å². The second-order valence-corrected chi connectivity index (χ2v) is 11.1. The highest BCUT2D eigenvalue weighted by Crippen LogP contribution is 2.38. The predicted octanol–water partition coefficient (Wildman–Crippen LogP) is 4.46. The minimum Gasteiger partial charge on any atom is -0.444 e. The Morgan fingerprint density at radius 1 is 1.15 bits per heavy atom. The quantitative estimate of drug-likeness (QED) is 0.365. The average Bonchev–Trinajstić information content (AvgIpc) is 3.71. The summed E-state index contributed by atoms with van der Waals surface area (Å²) in [5.41, 5.74) is 6.58. The number of amides is 4. The van der Waals surface area contributed by atoms with Crippen LogP contribution in [0.2, 0.25) is 5.02 Å². The highest BCUT2D eigenvalue weighted by Gasteiger charge is 2.44. The maximum atomic E-state index is 14.2. The number of nitrogens with one attached hydrogen (secondary N) is 2. The molecule has 0 heterocycles. The van der Waals surface area contributed by atoms with Gasteiger partial charge in [0.15, 0.2) is 0 Å². The fraction of sp³-hybridized carbons (Fsp3) is 0.400. The van der Waals surface area contributed by atoms with Crippen LogP contribution in [0.5, 0.6) is 0 Å². The molecule has 0 bridgehead atoms.